The molecule has 1 aliphatic heterocycles. The van der Waals surface area contributed by atoms with Gasteiger partial charge in [0.1, 0.15) is 0 Å². The third kappa shape index (κ3) is 1.63. The summed E-state index contributed by atoms with van der Waals surface area (Å²) in [5.74, 6) is 0.447. The average Bonchev–Trinajstić information content (AvgIpc) is 2.17. The zero-order chi connectivity index (χ0) is 11.0. The number of aliphatic imine (C=N–C) groups is 1. The van der Waals surface area contributed by atoms with Gasteiger partial charge in [0, 0.05) is 12.1 Å². The maximum Gasteiger partial charge on any atom is 0.0743 e. The number of benzene rings is 1. The maximum atomic E-state index is 4.51. The molecule has 0 fully saturated rings. The van der Waals surface area contributed by atoms with Crippen LogP contribution in [0.3, 0.4) is 0 Å². The highest BCUT2D eigenvalue weighted by atomic mass is 14.8. The lowest BCUT2D eigenvalue weighted by Gasteiger charge is -2.26. The molecule has 2 unspecified atom stereocenters. The molecule has 0 N–H and O–H groups in total. The number of fused-ring (bicyclic) bond motifs is 1. The summed E-state index contributed by atoms with van der Waals surface area (Å²) in [7, 11) is 0. The second-order valence-electron chi connectivity index (χ2n) is 4.38. The lowest BCUT2D eigenvalue weighted by molar-refractivity contribution is 0.655. The van der Waals surface area contributed by atoms with Crippen molar-refractivity contribution in [2.24, 2.45) is 4.99 Å². The van der Waals surface area contributed by atoms with Crippen LogP contribution in [0, 0.1) is 13.8 Å². The summed E-state index contributed by atoms with van der Waals surface area (Å²) in [6, 6.07) is 4.69. The van der Waals surface area contributed by atoms with E-state index >= 15 is 0 Å². The van der Waals surface area contributed by atoms with Crippen LogP contribution in [0.15, 0.2) is 29.8 Å². The molecule has 0 saturated carbocycles. The Hall–Kier alpha value is -1.37. The highest BCUT2D eigenvalue weighted by Crippen LogP contribution is 2.31. The summed E-state index contributed by atoms with van der Waals surface area (Å²) < 4.78 is 0. The first-order valence-corrected chi connectivity index (χ1v) is 5.40. The van der Waals surface area contributed by atoms with E-state index in [2.05, 4.69) is 44.5 Å². The Bertz CT molecular complexity index is 429. The molecule has 0 aromatic heterocycles. The molecule has 2 rings (SSSR count). The van der Waals surface area contributed by atoms with Gasteiger partial charge in [-0.1, -0.05) is 30.7 Å². The van der Waals surface area contributed by atoms with Crippen molar-refractivity contribution in [2.75, 3.05) is 0 Å². The molecule has 1 aromatic rings. The normalized spacial score (nSPS) is 23.7. The predicted molar refractivity (Wildman–Crippen MR) is 65.9 cm³/mol. The minimum atomic E-state index is 0.235. The van der Waals surface area contributed by atoms with E-state index < -0.39 is 0 Å². The highest BCUT2D eigenvalue weighted by molar-refractivity contribution is 5.85. The highest BCUT2D eigenvalue weighted by Gasteiger charge is 2.22. The van der Waals surface area contributed by atoms with E-state index in [9.17, 15) is 0 Å². The number of nitrogens with zero attached hydrogens (tertiary/aromatic N) is 1. The van der Waals surface area contributed by atoms with E-state index in [-0.39, 0.29) is 6.04 Å². The quantitative estimate of drug-likeness (QED) is 0.615. The topological polar surface area (TPSA) is 12.4 Å². The third-order valence-electron chi connectivity index (χ3n) is 3.16. The van der Waals surface area contributed by atoms with Gasteiger partial charge >= 0.3 is 0 Å². The van der Waals surface area contributed by atoms with Crippen LogP contribution in [-0.2, 0) is 0 Å². The predicted octanol–water partition coefficient (Wildman–Crippen LogP) is 3.39. The lowest BCUT2D eigenvalue weighted by atomic mass is 9.84. The second kappa shape index (κ2) is 3.65. The van der Waals surface area contributed by atoms with E-state index in [0.717, 1.165) is 0 Å². The SMILES string of the molecule is C=CC1N=Cc2cc(C)cc(C)c2C1C. The Kier molecular flexibility index (Phi) is 2.47. The van der Waals surface area contributed by atoms with Gasteiger partial charge in [-0.25, -0.2) is 0 Å². The number of aryl methyl sites for hydroxylation is 2. The monoisotopic (exact) mass is 199 g/mol. The van der Waals surface area contributed by atoms with Gasteiger partial charge in [0.25, 0.3) is 0 Å². The van der Waals surface area contributed by atoms with E-state index in [1.54, 1.807) is 0 Å². The molecule has 15 heavy (non-hydrogen) atoms. The molecule has 1 heteroatoms. The average molecular weight is 199 g/mol. The summed E-state index contributed by atoms with van der Waals surface area (Å²) in [5, 5.41) is 0. The van der Waals surface area contributed by atoms with Crippen molar-refractivity contribution >= 4 is 6.21 Å². The van der Waals surface area contributed by atoms with Crippen LogP contribution < -0.4 is 0 Å². The largest absolute Gasteiger partial charge is 0.284 e. The molecule has 0 saturated heterocycles. The van der Waals surface area contributed by atoms with Crippen molar-refractivity contribution in [3.05, 3.63) is 47.0 Å². The Morgan fingerprint density at radius 2 is 2.07 bits per heavy atom. The third-order valence-corrected chi connectivity index (χ3v) is 3.16. The minimum absolute atomic E-state index is 0.235. The van der Waals surface area contributed by atoms with Crippen molar-refractivity contribution in [2.45, 2.75) is 32.7 Å². The smallest absolute Gasteiger partial charge is 0.0743 e. The summed E-state index contributed by atoms with van der Waals surface area (Å²) in [6.45, 7) is 10.4. The van der Waals surface area contributed by atoms with E-state index in [4.69, 9.17) is 0 Å². The molecule has 0 radical (unpaired) electrons. The summed E-state index contributed by atoms with van der Waals surface area (Å²) in [6.07, 6.45) is 3.92. The maximum absolute atomic E-state index is 4.51. The second-order valence-corrected chi connectivity index (χ2v) is 4.38. The molecule has 0 amide bonds. The molecule has 1 aliphatic rings. The molecule has 0 aliphatic carbocycles. The van der Waals surface area contributed by atoms with Gasteiger partial charge in [0.2, 0.25) is 0 Å². The molecule has 0 spiro atoms. The van der Waals surface area contributed by atoms with Gasteiger partial charge in [0.05, 0.1) is 6.04 Å². The number of hydrogen-bond acceptors (Lipinski definition) is 1. The standard InChI is InChI=1S/C14H17N/c1-5-13-11(4)14-10(3)6-9(2)7-12(14)8-15-13/h5-8,11,13H,1H2,2-4H3. The van der Waals surface area contributed by atoms with Crippen molar-refractivity contribution < 1.29 is 0 Å². The molecule has 1 nitrogen and oxygen atoms in total. The van der Waals surface area contributed by atoms with Crippen molar-refractivity contribution in [3.63, 3.8) is 0 Å². The van der Waals surface area contributed by atoms with Gasteiger partial charge in [-0.2, -0.15) is 0 Å². The lowest BCUT2D eigenvalue weighted by Crippen LogP contribution is -2.19. The summed E-state index contributed by atoms with van der Waals surface area (Å²) >= 11 is 0. The van der Waals surface area contributed by atoms with Gasteiger partial charge < -0.3 is 0 Å². The Morgan fingerprint density at radius 1 is 1.33 bits per heavy atom. The van der Waals surface area contributed by atoms with Crippen LogP contribution in [0.5, 0.6) is 0 Å². The van der Waals surface area contributed by atoms with Crippen molar-refractivity contribution in [1.82, 2.24) is 0 Å². The minimum Gasteiger partial charge on any atom is -0.284 e. The van der Waals surface area contributed by atoms with Crippen molar-refractivity contribution in [1.29, 1.82) is 0 Å². The van der Waals surface area contributed by atoms with Gasteiger partial charge in [0.15, 0.2) is 0 Å². The molecule has 1 heterocycles. The Balaban J connectivity index is 2.59. The first-order valence-electron chi connectivity index (χ1n) is 5.40. The molecule has 0 bridgehead atoms. The van der Waals surface area contributed by atoms with Crippen LogP contribution in [-0.4, -0.2) is 12.3 Å². The fourth-order valence-electron chi connectivity index (χ4n) is 2.47. The Morgan fingerprint density at radius 3 is 2.73 bits per heavy atom. The first-order chi connectivity index (χ1) is 7.13. The van der Waals surface area contributed by atoms with E-state index in [1.807, 2.05) is 12.3 Å². The summed E-state index contributed by atoms with van der Waals surface area (Å²) in [4.78, 5) is 4.51. The fraction of sp³-hybridized carbons (Fsp3) is 0.357. The van der Waals surface area contributed by atoms with Gasteiger partial charge in [-0.15, -0.1) is 6.58 Å². The molecular formula is C14H17N. The van der Waals surface area contributed by atoms with Crippen LogP contribution in [0.25, 0.3) is 0 Å². The number of rotatable bonds is 1. The zero-order valence-electron chi connectivity index (χ0n) is 9.62. The fourth-order valence-corrected chi connectivity index (χ4v) is 2.47. The van der Waals surface area contributed by atoms with Gasteiger partial charge in [-0.3, -0.25) is 4.99 Å². The molecule has 78 valence electrons. The zero-order valence-corrected chi connectivity index (χ0v) is 9.62. The van der Waals surface area contributed by atoms with Crippen LogP contribution in [0.1, 0.15) is 35.1 Å². The van der Waals surface area contributed by atoms with Crippen LogP contribution in [0.4, 0.5) is 0 Å². The Labute approximate surface area is 91.6 Å². The van der Waals surface area contributed by atoms with E-state index in [1.165, 1.54) is 22.3 Å². The van der Waals surface area contributed by atoms with Crippen LogP contribution in [0.2, 0.25) is 0 Å². The van der Waals surface area contributed by atoms with Gasteiger partial charge in [-0.05, 0) is 30.5 Å². The molecule has 2 atom stereocenters. The van der Waals surface area contributed by atoms with Crippen molar-refractivity contribution in [3.8, 4) is 0 Å². The van der Waals surface area contributed by atoms with Crippen LogP contribution >= 0.6 is 0 Å². The number of hydrogen-bond donors (Lipinski definition) is 0. The summed E-state index contributed by atoms with van der Waals surface area (Å²) in [5.41, 5.74) is 5.39. The van der Waals surface area contributed by atoms with E-state index in [0.29, 0.717) is 5.92 Å². The molecule has 1 aromatic carbocycles. The first kappa shape index (κ1) is 10.2. The molecular weight excluding hydrogens is 182 g/mol.